The molecule has 1 aromatic rings. The Labute approximate surface area is 88.5 Å². The minimum Gasteiger partial charge on any atom is -0.479 e. The molecule has 1 heterocycles. The summed E-state index contributed by atoms with van der Waals surface area (Å²) >= 11 is 0. The first-order chi connectivity index (χ1) is 6.94. The second-order valence-electron chi connectivity index (χ2n) is 3.81. The Morgan fingerprint density at radius 2 is 2.20 bits per heavy atom. The van der Waals surface area contributed by atoms with E-state index in [2.05, 4.69) is 15.3 Å². The third-order valence-electron chi connectivity index (χ3n) is 1.73. The molecule has 0 spiro atoms. The zero-order valence-electron chi connectivity index (χ0n) is 9.11. The summed E-state index contributed by atoms with van der Waals surface area (Å²) in [4.78, 5) is 7.79. The summed E-state index contributed by atoms with van der Waals surface area (Å²) in [6.45, 7) is 3.72. The molecule has 6 heteroatoms. The van der Waals surface area contributed by atoms with Crippen LogP contribution in [0.15, 0.2) is 6.33 Å². The van der Waals surface area contributed by atoms with Gasteiger partial charge in [0.2, 0.25) is 5.88 Å². The molecule has 0 bridgehead atoms. The first kappa shape index (κ1) is 11.5. The van der Waals surface area contributed by atoms with E-state index in [4.69, 9.17) is 10.5 Å². The van der Waals surface area contributed by atoms with Crippen LogP contribution in [0.3, 0.4) is 0 Å². The Kier molecular flexibility index (Phi) is 3.31. The third-order valence-corrected chi connectivity index (χ3v) is 1.73. The highest BCUT2D eigenvalue weighted by Gasteiger charge is 2.14. The Bertz CT molecular complexity index is 335. The molecule has 84 valence electrons. The van der Waals surface area contributed by atoms with E-state index in [0.29, 0.717) is 23.9 Å². The van der Waals surface area contributed by atoms with Crippen molar-refractivity contribution in [1.82, 2.24) is 9.97 Å². The van der Waals surface area contributed by atoms with Crippen LogP contribution in [0.4, 0.5) is 11.5 Å². The fourth-order valence-corrected chi connectivity index (χ4v) is 0.983. The molecule has 15 heavy (non-hydrogen) atoms. The van der Waals surface area contributed by atoms with E-state index in [1.807, 2.05) is 0 Å². The smallest absolute Gasteiger partial charge is 0.242 e. The van der Waals surface area contributed by atoms with Crippen LogP contribution in [0, 0.1) is 0 Å². The Hall–Kier alpha value is -1.56. The van der Waals surface area contributed by atoms with Gasteiger partial charge in [-0.3, -0.25) is 0 Å². The summed E-state index contributed by atoms with van der Waals surface area (Å²) in [5, 5.41) is 12.4. The minimum absolute atomic E-state index is 0.322. The average molecular weight is 212 g/mol. The van der Waals surface area contributed by atoms with Gasteiger partial charge in [-0.2, -0.15) is 4.98 Å². The lowest BCUT2D eigenvalue weighted by atomic mass is 10.1. The highest BCUT2D eigenvalue weighted by molar-refractivity contribution is 5.66. The summed E-state index contributed by atoms with van der Waals surface area (Å²) in [5.74, 6) is 0.784. The van der Waals surface area contributed by atoms with Crippen molar-refractivity contribution in [2.75, 3.05) is 24.7 Å². The number of nitrogens with two attached hydrogens (primary N) is 1. The van der Waals surface area contributed by atoms with E-state index >= 15 is 0 Å². The van der Waals surface area contributed by atoms with E-state index in [1.165, 1.54) is 13.4 Å². The van der Waals surface area contributed by atoms with Crippen molar-refractivity contribution in [2.45, 2.75) is 19.4 Å². The molecular weight excluding hydrogens is 196 g/mol. The van der Waals surface area contributed by atoms with Crippen molar-refractivity contribution in [3.8, 4) is 5.88 Å². The summed E-state index contributed by atoms with van der Waals surface area (Å²) in [6.07, 6.45) is 1.35. The van der Waals surface area contributed by atoms with Crippen molar-refractivity contribution < 1.29 is 9.84 Å². The lowest BCUT2D eigenvalue weighted by Crippen LogP contribution is -2.29. The van der Waals surface area contributed by atoms with Gasteiger partial charge < -0.3 is 20.9 Å². The van der Waals surface area contributed by atoms with Gasteiger partial charge >= 0.3 is 0 Å². The first-order valence-corrected chi connectivity index (χ1v) is 4.55. The SMILES string of the molecule is COc1ncnc(NCC(C)(C)O)c1N. The number of nitrogens with one attached hydrogen (secondary N) is 1. The van der Waals surface area contributed by atoms with Gasteiger partial charge in [-0.1, -0.05) is 0 Å². The fourth-order valence-electron chi connectivity index (χ4n) is 0.983. The molecule has 0 amide bonds. The van der Waals surface area contributed by atoms with E-state index in [1.54, 1.807) is 13.8 Å². The van der Waals surface area contributed by atoms with Gasteiger partial charge in [0.1, 0.15) is 12.0 Å². The molecule has 0 fully saturated rings. The number of methoxy groups -OCH3 is 1. The van der Waals surface area contributed by atoms with Gasteiger partial charge in [0.25, 0.3) is 0 Å². The quantitative estimate of drug-likeness (QED) is 0.662. The molecule has 0 aliphatic rings. The van der Waals surface area contributed by atoms with Crippen LogP contribution in [0.1, 0.15) is 13.8 Å². The van der Waals surface area contributed by atoms with Gasteiger partial charge in [0.05, 0.1) is 12.7 Å². The van der Waals surface area contributed by atoms with E-state index < -0.39 is 5.60 Å². The predicted octanol–water partition coefficient (Wildman–Crippen LogP) is 0.250. The van der Waals surface area contributed by atoms with Gasteiger partial charge in [0.15, 0.2) is 5.82 Å². The number of nitrogen functional groups attached to an aromatic ring is 1. The number of ether oxygens (including phenoxy) is 1. The number of aliphatic hydroxyl groups is 1. The summed E-state index contributed by atoms with van der Waals surface area (Å²) in [7, 11) is 1.48. The van der Waals surface area contributed by atoms with Crippen molar-refractivity contribution in [3.05, 3.63) is 6.33 Å². The van der Waals surface area contributed by atoms with Crippen LogP contribution in [0.2, 0.25) is 0 Å². The van der Waals surface area contributed by atoms with Crippen LogP contribution in [-0.4, -0.2) is 34.3 Å². The largest absolute Gasteiger partial charge is 0.479 e. The number of aromatic nitrogens is 2. The number of hydrogen-bond acceptors (Lipinski definition) is 6. The van der Waals surface area contributed by atoms with Crippen molar-refractivity contribution in [1.29, 1.82) is 0 Å². The normalized spacial score (nSPS) is 11.2. The molecule has 0 aliphatic carbocycles. The van der Waals surface area contributed by atoms with E-state index in [-0.39, 0.29) is 0 Å². The molecule has 0 atom stereocenters. The molecule has 0 saturated carbocycles. The van der Waals surface area contributed by atoms with Crippen molar-refractivity contribution in [3.63, 3.8) is 0 Å². The number of hydrogen-bond donors (Lipinski definition) is 3. The molecule has 0 saturated heterocycles. The van der Waals surface area contributed by atoms with Crippen LogP contribution in [-0.2, 0) is 0 Å². The standard InChI is InChI=1S/C9H16N4O2/c1-9(2,14)4-11-7-6(10)8(15-3)13-5-12-7/h5,14H,4,10H2,1-3H3,(H,11,12,13). The van der Waals surface area contributed by atoms with Crippen molar-refractivity contribution in [2.24, 2.45) is 0 Å². The van der Waals surface area contributed by atoms with Crippen LogP contribution >= 0.6 is 0 Å². The lowest BCUT2D eigenvalue weighted by Gasteiger charge is -2.18. The van der Waals surface area contributed by atoms with Gasteiger partial charge in [0, 0.05) is 6.54 Å². The zero-order valence-corrected chi connectivity index (χ0v) is 9.11. The fraction of sp³-hybridized carbons (Fsp3) is 0.556. The van der Waals surface area contributed by atoms with Crippen LogP contribution < -0.4 is 15.8 Å². The van der Waals surface area contributed by atoms with E-state index in [9.17, 15) is 5.11 Å². The lowest BCUT2D eigenvalue weighted by molar-refractivity contribution is 0.0944. The highest BCUT2D eigenvalue weighted by Crippen LogP contribution is 2.24. The average Bonchev–Trinajstić information content (AvgIpc) is 2.15. The second kappa shape index (κ2) is 4.31. The summed E-state index contributed by atoms with van der Waals surface area (Å²) < 4.78 is 4.94. The molecule has 1 aromatic heterocycles. The first-order valence-electron chi connectivity index (χ1n) is 4.55. The summed E-state index contributed by atoms with van der Waals surface area (Å²) in [5.41, 5.74) is 5.24. The monoisotopic (exact) mass is 212 g/mol. The zero-order chi connectivity index (χ0) is 11.5. The predicted molar refractivity (Wildman–Crippen MR) is 57.8 cm³/mol. The number of nitrogens with zero attached hydrogens (tertiary/aromatic N) is 2. The highest BCUT2D eigenvalue weighted by atomic mass is 16.5. The maximum absolute atomic E-state index is 9.52. The van der Waals surface area contributed by atoms with Crippen LogP contribution in [0.5, 0.6) is 5.88 Å². The molecule has 0 unspecified atom stereocenters. The minimum atomic E-state index is -0.829. The maximum atomic E-state index is 9.52. The Morgan fingerprint density at radius 3 is 2.73 bits per heavy atom. The van der Waals surface area contributed by atoms with Gasteiger partial charge in [-0.25, -0.2) is 4.98 Å². The molecule has 4 N–H and O–H groups in total. The Morgan fingerprint density at radius 1 is 1.53 bits per heavy atom. The second-order valence-corrected chi connectivity index (χ2v) is 3.81. The maximum Gasteiger partial charge on any atom is 0.242 e. The van der Waals surface area contributed by atoms with Gasteiger partial charge in [-0.05, 0) is 13.8 Å². The molecule has 0 aliphatic heterocycles. The summed E-state index contributed by atoms with van der Waals surface area (Å²) in [6, 6.07) is 0. The third kappa shape index (κ3) is 3.25. The van der Waals surface area contributed by atoms with Crippen LogP contribution in [0.25, 0.3) is 0 Å². The van der Waals surface area contributed by atoms with Gasteiger partial charge in [-0.15, -0.1) is 0 Å². The molecular formula is C9H16N4O2. The number of rotatable bonds is 4. The number of anilines is 2. The molecule has 6 nitrogen and oxygen atoms in total. The van der Waals surface area contributed by atoms with E-state index in [0.717, 1.165) is 0 Å². The van der Waals surface area contributed by atoms with Crippen molar-refractivity contribution >= 4 is 11.5 Å². The topological polar surface area (TPSA) is 93.3 Å². The molecule has 0 radical (unpaired) electrons. The molecule has 1 rings (SSSR count). The Balaban J connectivity index is 2.78. The molecule has 0 aromatic carbocycles.